The molecule has 0 spiro atoms. The van der Waals surface area contributed by atoms with Crippen molar-refractivity contribution in [3.63, 3.8) is 0 Å². The number of H-pyrrole nitrogens is 1. The molecule has 0 radical (unpaired) electrons. The first-order valence-electron chi connectivity index (χ1n) is 4.81. The van der Waals surface area contributed by atoms with Crippen LogP contribution in [0.5, 0.6) is 5.75 Å². The lowest BCUT2D eigenvalue weighted by molar-refractivity contribution is 0.339. The van der Waals surface area contributed by atoms with Crippen molar-refractivity contribution in [3.8, 4) is 11.4 Å². The Bertz CT molecular complexity index is 499. The summed E-state index contributed by atoms with van der Waals surface area (Å²) in [5.74, 6) is 0.710. The van der Waals surface area contributed by atoms with E-state index in [4.69, 9.17) is 4.74 Å². The molecule has 15 heavy (non-hydrogen) atoms. The lowest BCUT2D eigenvalue weighted by atomic mass is 10.3. The largest absolute Gasteiger partial charge is 0.492 e. The van der Waals surface area contributed by atoms with E-state index >= 15 is 0 Å². The van der Waals surface area contributed by atoms with Gasteiger partial charge in [0.1, 0.15) is 5.75 Å². The summed E-state index contributed by atoms with van der Waals surface area (Å²) in [4.78, 5) is 14.0. The Morgan fingerprint density at radius 3 is 2.87 bits per heavy atom. The van der Waals surface area contributed by atoms with E-state index in [1.165, 1.54) is 4.57 Å². The van der Waals surface area contributed by atoms with Crippen LogP contribution in [0.4, 0.5) is 0 Å². The highest BCUT2D eigenvalue weighted by Gasteiger charge is 2.05. The molecule has 0 fully saturated rings. The Balaban J connectivity index is 2.52. The van der Waals surface area contributed by atoms with Gasteiger partial charge in [-0.25, -0.2) is 4.79 Å². The number of hydrogen-bond acceptors (Lipinski definition) is 2. The number of ether oxygens (including phenoxy) is 1. The molecule has 1 aromatic carbocycles. The minimum Gasteiger partial charge on any atom is -0.492 e. The second kappa shape index (κ2) is 4.04. The van der Waals surface area contributed by atoms with Crippen LogP contribution in [0.15, 0.2) is 41.5 Å². The topological polar surface area (TPSA) is 47.0 Å². The quantitative estimate of drug-likeness (QED) is 0.824. The first kappa shape index (κ1) is 9.58. The molecule has 0 saturated heterocycles. The molecule has 0 atom stereocenters. The molecule has 0 bridgehead atoms. The lowest BCUT2D eigenvalue weighted by Gasteiger charge is -2.09. The fraction of sp³-hybridized carbons (Fsp3) is 0.182. The Kier molecular flexibility index (Phi) is 2.58. The summed E-state index contributed by atoms with van der Waals surface area (Å²) >= 11 is 0. The highest BCUT2D eigenvalue weighted by atomic mass is 16.5. The molecule has 1 aromatic heterocycles. The van der Waals surface area contributed by atoms with Gasteiger partial charge >= 0.3 is 5.69 Å². The van der Waals surface area contributed by atoms with Gasteiger partial charge in [0.25, 0.3) is 0 Å². The van der Waals surface area contributed by atoms with Gasteiger partial charge in [0.2, 0.25) is 0 Å². The molecule has 0 aliphatic carbocycles. The van der Waals surface area contributed by atoms with Crippen molar-refractivity contribution >= 4 is 0 Å². The summed E-state index contributed by atoms with van der Waals surface area (Å²) in [7, 11) is 0. The van der Waals surface area contributed by atoms with Crippen molar-refractivity contribution in [2.45, 2.75) is 6.92 Å². The maximum atomic E-state index is 11.4. The predicted molar refractivity (Wildman–Crippen MR) is 57.6 cm³/mol. The molecular weight excluding hydrogens is 192 g/mol. The Morgan fingerprint density at radius 1 is 1.40 bits per heavy atom. The molecule has 2 rings (SSSR count). The van der Waals surface area contributed by atoms with E-state index in [9.17, 15) is 4.79 Å². The van der Waals surface area contributed by atoms with Gasteiger partial charge in [0.05, 0.1) is 12.3 Å². The van der Waals surface area contributed by atoms with Crippen LogP contribution in [0.1, 0.15) is 6.92 Å². The zero-order valence-corrected chi connectivity index (χ0v) is 8.43. The number of rotatable bonds is 3. The summed E-state index contributed by atoms with van der Waals surface area (Å²) in [6.45, 7) is 2.49. The maximum absolute atomic E-state index is 11.4. The van der Waals surface area contributed by atoms with Crippen LogP contribution in [0.2, 0.25) is 0 Å². The summed E-state index contributed by atoms with van der Waals surface area (Å²) < 4.78 is 6.96. The zero-order valence-electron chi connectivity index (χ0n) is 8.43. The van der Waals surface area contributed by atoms with Crippen molar-refractivity contribution in [1.82, 2.24) is 9.55 Å². The number of aromatic amines is 1. The minimum absolute atomic E-state index is 0.165. The van der Waals surface area contributed by atoms with Gasteiger partial charge in [-0.15, -0.1) is 0 Å². The van der Waals surface area contributed by atoms with Crippen LogP contribution in [0.25, 0.3) is 5.69 Å². The van der Waals surface area contributed by atoms with Gasteiger partial charge in [-0.1, -0.05) is 12.1 Å². The van der Waals surface area contributed by atoms with Gasteiger partial charge in [-0.05, 0) is 19.1 Å². The smallest absolute Gasteiger partial charge is 0.330 e. The monoisotopic (exact) mass is 204 g/mol. The summed E-state index contributed by atoms with van der Waals surface area (Å²) in [5.41, 5.74) is 0.591. The molecule has 2 aromatic rings. The molecule has 78 valence electrons. The van der Waals surface area contributed by atoms with Crippen molar-refractivity contribution in [2.75, 3.05) is 6.61 Å². The van der Waals surface area contributed by atoms with E-state index in [0.717, 1.165) is 5.69 Å². The SMILES string of the molecule is CCOc1ccccc1-n1cc[nH]c1=O. The van der Waals surface area contributed by atoms with Gasteiger partial charge in [-0.3, -0.25) is 4.57 Å². The first-order chi connectivity index (χ1) is 7.33. The minimum atomic E-state index is -0.165. The van der Waals surface area contributed by atoms with Crippen LogP contribution in [0.3, 0.4) is 0 Å². The summed E-state index contributed by atoms with van der Waals surface area (Å²) in [5, 5.41) is 0. The van der Waals surface area contributed by atoms with Crippen LogP contribution >= 0.6 is 0 Å². The molecule has 0 aliphatic rings. The van der Waals surface area contributed by atoms with Crippen molar-refractivity contribution in [1.29, 1.82) is 0 Å². The molecule has 0 saturated carbocycles. The van der Waals surface area contributed by atoms with Crippen molar-refractivity contribution < 1.29 is 4.74 Å². The predicted octanol–water partition coefficient (Wildman–Crippen LogP) is 1.56. The van der Waals surface area contributed by atoms with Gasteiger partial charge < -0.3 is 9.72 Å². The van der Waals surface area contributed by atoms with Crippen LogP contribution in [0, 0.1) is 0 Å². The normalized spacial score (nSPS) is 10.2. The molecule has 1 N–H and O–H groups in total. The molecule has 0 unspecified atom stereocenters. The molecule has 4 nitrogen and oxygen atoms in total. The lowest BCUT2D eigenvalue weighted by Crippen LogP contribution is -2.15. The third-order valence-corrected chi connectivity index (χ3v) is 2.07. The summed E-state index contributed by atoms with van der Waals surface area (Å²) in [6, 6.07) is 7.45. The summed E-state index contributed by atoms with van der Waals surface area (Å²) in [6.07, 6.45) is 3.28. The first-order valence-corrected chi connectivity index (χ1v) is 4.81. The van der Waals surface area contributed by atoms with Crippen LogP contribution < -0.4 is 10.4 Å². The Hall–Kier alpha value is -1.97. The van der Waals surface area contributed by atoms with E-state index < -0.39 is 0 Å². The molecule has 0 aliphatic heterocycles. The van der Waals surface area contributed by atoms with E-state index in [0.29, 0.717) is 12.4 Å². The third kappa shape index (κ3) is 1.79. The second-order valence-corrected chi connectivity index (χ2v) is 3.04. The average molecular weight is 204 g/mol. The molecule has 4 heteroatoms. The molecule has 0 amide bonds. The van der Waals surface area contributed by atoms with Gasteiger partial charge in [0, 0.05) is 12.4 Å². The number of aromatic nitrogens is 2. The van der Waals surface area contributed by atoms with Crippen molar-refractivity contribution in [2.24, 2.45) is 0 Å². The number of benzene rings is 1. The zero-order chi connectivity index (χ0) is 10.7. The number of para-hydroxylation sites is 2. The van der Waals surface area contributed by atoms with E-state index in [2.05, 4.69) is 4.98 Å². The van der Waals surface area contributed by atoms with Crippen molar-refractivity contribution in [3.05, 3.63) is 47.1 Å². The maximum Gasteiger partial charge on any atom is 0.330 e. The van der Waals surface area contributed by atoms with E-state index in [-0.39, 0.29) is 5.69 Å². The van der Waals surface area contributed by atoms with E-state index in [1.54, 1.807) is 12.4 Å². The number of hydrogen-bond donors (Lipinski definition) is 1. The van der Waals surface area contributed by atoms with E-state index in [1.807, 2.05) is 31.2 Å². The van der Waals surface area contributed by atoms with Gasteiger partial charge in [0.15, 0.2) is 0 Å². The number of nitrogens with one attached hydrogen (secondary N) is 1. The molecular formula is C11H12N2O2. The van der Waals surface area contributed by atoms with Gasteiger partial charge in [-0.2, -0.15) is 0 Å². The fourth-order valence-corrected chi connectivity index (χ4v) is 1.44. The Morgan fingerprint density at radius 2 is 2.20 bits per heavy atom. The highest BCUT2D eigenvalue weighted by molar-refractivity contribution is 5.46. The average Bonchev–Trinajstić information content (AvgIpc) is 2.66. The second-order valence-electron chi connectivity index (χ2n) is 3.04. The third-order valence-electron chi connectivity index (χ3n) is 2.07. The fourth-order valence-electron chi connectivity index (χ4n) is 1.44. The number of nitrogens with zero attached hydrogens (tertiary/aromatic N) is 1. The standard InChI is InChI=1S/C11H12N2O2/c1-2-15-10-6-4-3-5-9(10)13-8-7-12-11(13)14/h3-8H,2H2,1H3,(H,12,14). The number of imidazole rings is 1. The Labute approximate surface area is 87.1 Å². The highest BCUT2D eigenvalue weighted by Crippen LogP contribution is 2.20. The van der Waals surface area contributed by atoms with Crippen LogP contribution in [-0.2, 0) is 0 Å². The molecule has 1 heterocycles. The van der Waals surface area contributed by atoms with Crippen LogP contribution in [-0.4, -0.2) is 16.2 Å².